The molecule has 3 aliphatic heterocycles. The molecule has 3 aromatic heterocycles. The minimum Gasteiger partial charge on any atom is -0.392 e. The molecule has 2 fully saturated rings. The third-order valence-corrected chi connectivity index (χ3v) is 11.3. The van der Waals surface area contributed by atoms with E-state index < -0.39 is 0 Å². The highest BCUT2D eigenvalue weighted by atomic mass is 35.5. The number of β-amino-alcohol motifs (C(OH)–C–C–N with tert-alkyl or cyclic N) is 1. The molecule has 11 heteroatoms. The van der Waals surface area contributed by atoms with E-state index in [9.17, 15) is 9.90 Å². The molecule has 0 radical (unpaired) electrons. The van der Waals surface area contributed by atoms with Crippen molar-refractivity contribution in [1.29, 1.82) is 0 Å². The van der Waals surface area contributed by atoms with E-state index in [0.29, 0.717) is 37.0 Å². The van der Waals surface area contributed by atoms with Crippen molar-refractivity contribution in [3.05, 3.63) is 87.6 Å². The SMILES string of the molecule is Cc1c(-c2nc3c(s2)CN(C(=O)CN2CC[C@@H](O)C2)C3)cccc1-c1cccc(Nc2nccc3cc(CN4CCCC4)cnc23)c1Cl. The molecule has 1 amide bonds. The minimum absolute atomic E-state index is 0.0916. The molecule has 0 unspecified atom stereocenters. The van der Waals surface area contributed by atoms with E-state index in [1.807, 2.05) is 46.5 Å². The van der Waals surface area contributed by atoms with Gasteiger partial charge >= 0.3 is 0 Å². The smallest absolute Gasteiger partial charge is 0.237 e. The van der Waals surface area contributed by atoms with E-state index >= 15 is 0 Å². The second-order valence-electron chi connectivity index (χ2n) is 13.1. The van der Waals surface area contributed by atoms with Crippen LogP contribution in [0.25, 0.3) is 32.6 Å². The first kappa shape index (κ1) is 31.3. The number of pyridine rings is 2. The Morgan fingerprint density at radius 3 is 2.65 bits per heavy atom. The van der Waals surface area contributed by atoms with Crippen molar-refractivity contribution >= 4 is 51.3 Å². The Morgan fingerprint density at radius 2 is 1.83 bits per heavy atom. The molecule has 9 nitrogen and oxygen atoms in total. The molecule has 3 aliphatic rings. The second-order valence-corrected chi connectivity index (χ2v) is 14.6. The van der Waals surface area contributed by atoms with Crippen LogP contribution in [-0.2, 0) is 24.4 Å². The molecule has 48 heavy (non-hydrogen) atoms. The quantitative estimate of drug-likeness (QED) is 0.189. The van der Waals surface area contributed by atoms with Crippen molar-refractivity contribution in [1.82, 2.24) is 29.7 Å². The van der Waals surface area contributed by atoms with Crippen LogP contribution in [0.1, 0.15) is 41.0 Å². The first-order chi connectivity index (χ1) is 23.4. The molecule has 0 aliphatic carbocycles. The molecular formula is C37H38ClN7O2S. The number of fused-ring (bicyclic) bond motifs is 2. The van der Waals surface area contributed by atoms with Crippen molar-refractivity contribution in [2.24, 2.45) is 0 Å². The number of carbonyl (C=O) groups is 1. The molecule has 6 heterocycles. The molecule has 246 valence electrons. The number of thiazole rings is 1. The van der Waals surface area contributed by atoms with Gasteiger partial charge in [-0.05, 0) is 74.2 Å². The topological polar surface area (TPSA) is 97.7 Å². The van der Waals surface area contributed by atoms with Crippen LogP contribution in [0.5, 0.6) is 0 Å². The number of aliphatic hydroxyl groups is 1. The van der Waals surface area contributed by atoms with Gasteiger partial charge in [-0.15, -0.1) is 11.3 Å². The number of nitrogens with zero attached hydrogens (tertiary/aromatic N) is 6. The molecule has 2 N–H and O–H groups in total. The number of aromatic nitrogens is 3. The van der Waals surface area contributed by atoms with Crippen LogP contribution in [0.2, 0.25) is 5.02 Å². The summed E-state index contributed by atoms with van der Waals surface area (Å²) in [5, 5.41) is 15.9. The van der Waals surface area contributed by atoms with Crippen LogP contribution >= 0.6 is 22.9 Å². The van der Waals surface area contributed by atoms with Gasteiger partial charge in [-0.3, -0.25) is 19.6 Å². The highest BCUT2D eigenvalue weighted by Gasteiger charge is 2.30. The minimum atomic E-state index is -0.327. The van der Waals surface area contributed by atoms with Crippen LogP contribution in [0.15, 0.2) is 60.9 Å². The third-order valence-electron chi connectivity index (χ3n) is 9.78. The largest absolute Gasteiger partial charge is 0.392 e. The van der Waals surface area contributed by atoms with Gasteiger partial charge in [0.05, 0.1) is 42.1 Å². The Morgan fingerprint density at radius 1 is 1.02 bits per heavy atom. The molecule has 8 rings (SSSR count). The van der Waals surface area contributed by atoms with Gasteiger partial charge in [-0.1, -0.05) is 41.9 Å². The average Bonchev–Trinajstić information content (AvgIpc) is 3.89. The van der Waals surface area contributed by atoms with Gasteiger partial charge in [0.1, 0.15) is 10.5 Å². The lowest BCUT2D eigenvalue weighted by Gasteiger charge is -2.20. The highest BCUT2D eigenvalue weighted by Crippen LogP contribution is 2.41. The van der Waals surface area contributed by atoms with Crippen LogP contribution in [-0.4, -0.2) is 79.5 Å². The van der Waals surface area contributed by atoms with Crippen LogP contribution in [0.4, 0.5) is 11.5 Å². The lowest BCUT2D eigenvalue weighted by atomic mass is 9.96. The summed E-state index contributed by atoms with van der Waals surface area (Å²) in [6.45, 7) is 8.13. The van der Waals surface area contributed by atoms with E-state index in [2.05, 4.69) is 46.4 Å². The number of rotatable bonds is 8. The summed E-state index contributed by atoms with van der Waals surface area (Å²) in [6.07, 6.45) is 6.72. The predicted octanol–water partition coefficient (Wildman–Crippen LogP) is 6.63. The van der Waals surface area contributed by atoms with Crippen LogP contribution in [0.3, 0.4) is 0 Å². The number of hydrogen-bond acceptors (Lipinski definition) is 9. The average molecular weight is 680 g/mol. The van der Waals surface area contributed by atoms with Gasteiger partial charge in [0.25, 0.3) is 0 Å². The highest BCUT2D eigenvalue weighted by molar-refractivity contribution is 7.15. The van der Waals surface area contributed by atoms with Gasteiger partial charge in [-0.2, -0.15) is 0 Å². The van der Waals surface area contributed by atoms with Gasteiger partial charge in [0.2, 0.25) is 5.91 Å². The molecule has 0 spiro atoms. The van der Waals surface area contributed by atoms with Crippen molar-refractivity contribution < 1.29 is 9.90 Å². The zero-order valence-electron chi connectivity index (χ0n) is 27.0. The number of halogens is 1. The fraction of sp³-hybridized carbons (Fsp3) is 0.351. The number of carbonyl (C=O) groups excluding carboxylic acids is 1. The zero-order valence-corrected chi connectivity index (χ0v) is 28.5. The normalized spacial score (nSPS) is 18.2. The Kier molecular flexibility index (Phi) is 8.60. The van der Waals surface area contributed by atoms with Crippen molar-refractivity contribution in [3.8, 4) is 21.7 Å². The molecular weight excluding hydrogens is 642 g/mol. The Labute approximate surface area is 289 Å². The number of aliphatic hydroxyl groups excluding tert-OH is 1. The second kappa shape index (κ2) is 13.2. The first-order valence-electron chi connectivity index (χ1n) is 16.7. The number of benzene rings is 2. The zero-order chi connectivity index (χ0) is 32.8. The fourth-order valence-corrected chi connectivity index (χ4v) is 8.63. The lowest BCUT2D eigenvalue weighted by molar-refractivity contribution is -0.132. The summed E-state index contributed by atoms with van der Waals surface area (Å²) in [7, 11) is 0. The van der Waals surface area contributed by atoms with Crippen LogP contribution in [0, 0.1) is 6.92 Å². The molecule has 1 atom stereocenters. The van der Waals surface area contributed by atoms with Crippen molar-refractivity contribution in [3.63, 3.8) is 0 Å². The fourth-order valence-electron chi connectivity index (χ4n) is 7.18. The summed E-state index contributed by atoms with van der Waals surface area (Å²) in [5.74, 6) is 0.765. The van der Waals surface area contributed by atoms with E-state index in [0.717, 1.165) is 87.0 Å². The van der Waals surface area contributed by atoms with Gasteiger partial charge in [0.15, 0.2) is 5.82 Å². The summed E-state index contributed by atoms with van der Waals surface area (Å²) in [4.78, 5) is 34.9. The maximum absolute atomic E-state index is 12.9. The van der Waals surface area contributed by atoms with Gasteiger partial charge < -0.3 is 15.3 Å². The molecule has 2 aromatic carbocycles. The standard InChI is InChI=1S/C37H38ClN7O2S/c1-23-27(6-4-7-28(23)37-42-31-20-45(21-32(31)48-37)33(47)22-44-15-11-26(46)19-44)29-8-5-9-30(34(29)38)41-36-35-25(10-12-39-36)16-24(17-40-35)18-43-13-2-3-14-43/h4-10,12,16-17,26,46H,2-3,11,13-15,18-22H2,1H3,(H,39,41)/t26-/m1/s1. The number of nitrogens with one attached hydrogen (secondary N) is 1. The lowest BCUT2D eigenvalue weighted by Crippen LogP contribution is -2.37. The number of likely N-dealkylation sites (tertiary alicyclic amines) is 2. The third kappa shape index (κ3) is 6.19. The molecule has 2 saturated heterocycles. The van der Waals surface area contributed by atoms with Gasteiger partial charge in [-0.25, -0.2) is 9.97 Å². The first-order valence-corrected chi connectivity index (χ1v) is 17.9. The van der Waals surface area contributed by atoms with Crippen molar-refractivity contribution in [2.45, 2.75) is 51.9 Å². The van der Waals surface area contributed by atoms with E-state index in [1.54, 1.807) is 11.3 Å². The van der Waals surface area contributed by atoms with Gasteiger partial charge in [0, 0.05) is 53.4 Å². The summed E-state index contributed by atoms with van der Waals surface area (Å²) >= 11 is 8.78. The number of anilines is 2. The maximum Gasteiger partial charge on any atom is 0.237 e. The van der Waals surface area contributed by atoms with E-state index in [1.165, 1.54) is 18.4 Å². The Bertz CT molecular complexity index is 1990. The summed E-state index contributed by atoms with van der Waals surface area (Å²) < 4.78 is 0. The Hall–Kier alpha value is -3.93. The maximum atomic E-state index is 12.9. The monoisotopic (exact) mass is 679 g/mol. The Balaban J connectivity index is 1.01. The van der Waals surface area contributed by atoms with Crippen LogP contribution < -0.4 is 5.32 Å². The molecule has 0 saturated carbocycles. The summed E-state index contributed by atoms with van der Waals surface area (Å²) in [5.41, 5.74) is 7.89. The number of amides is 1. The van der Waals surface area contributed by atoms with Crippen molar-refractivity contribution in [2.75, 3.05) is 38.0 Å². The molecule has 0 bridgehead atoms. The van der Waals surface area contributed by atoms with E-state index in [4.69, 9.17) is 21.6 Å². The summed E-state index contributed by atoms with van der Waals surface area (Å²) in [6, 6.07) is 16.5. The number of hydrogen-bond donors (Lipinski definition) is 2. The molecule has 5 aromatic rings. The predicted molar refractivity (Wildman–Crippen MR) is 191 cm³/mol. The van der Waals surface area contributed by atoms with E-state index in [-0.39, 0.29) is 12.0 Å².